The smallest absolute Gasteiger partial charge is 0.330 e. The first-order valence-electron chi connectivity index (χ1n) is 7.49. The summed E-state index contributed by atoms with van der Waals surface area (Å²) in [7, 11) is 0. The van der Waals surface area contributed by atoms with Crippen molar-refractivity contribution in [2.75, 3.05) is 0 Å². The largest absolute Gasteiger partial charge is 0.478 e. The maximum Gasteiger partial charge on any atom is 0.330 e. The second-order valence-electron chi connectivity index (χ2n) is 5.46. The van der Waals surface area contributed by atoms with E-state index >= 15 is 0 Å². The van der Waals surface area contributed by atoms with Gasteiger partial charge >= 0.3 is 5.97 Å². The summed E-state index contributed by atoms with van der Waals surface area (Å²) in [6.07, 6.45) is 12.2. The maximum atomic E-state index is 10.6. The zero-order valence-electron chi connectivity index (χ0n) is 12.2. The predicted molar refractivity (Wildman–Crippen MR) is 77.8 cm³/mol. The van der Waals surface area contributed by atoms with Crippen LogP contribution in [0.25, 0.3) is 0 Å². The summed E-state index contributed by atoms with van der Waals surface area (Å²) < 4.78 is 0. The van der Waals surface area contributed by atoms with Crippen LogP contribution in [-0.4, -0.2) is 11.1 Å². The van der Waals surface area contributed by atoms with E-state index in [2.05, 4.69) is 20.4 Å². The van der Waals surface area contributed by atoms with Gasteiger partial charge in [0, 0.05) is 5.57 Å². The van der Waals surface area contributed by atoms with E-state index in [1.54, 1.807) is 0 Å². The Labute approximate surface area is 112 Å². The van der Waals surface area contributed by atoms with Crippen LogP contribution in [0.1, 0.15) is 78.1 Å². The van der Waals surface area contributed by atoms with Crippen LogP contribution in [0.5, 0.6) is 0 Å². The highest BCUT2D eigenvalue weighted by Gasteiger charge is 2.07. The molecule has 0 saturated carbocycles. The van der Waals surface area contributed by atoms with E-state index in [0.717, 1.165) is 6.42 Å². The molecule has 1 N–H and O–H groups in total. The van der Waals surface area contributed by atoms with E-state index in [4.69, 9.17) is 5.11 Å². The molecule has 18 heavy (non-hydrogen) atoms. The summed E-state index contributed by atoms with van der Waals surface area (Å²) in [6, 6.07) is 0. The number of hydrogen-bond acceptors (Lipinski definition) is 1. The van der Waals surface area contributed by atoms with Gasteiger partial charge in [0.1, 0.15) is 0 Å². The zero-order chi connectivity index (χ0) is 13.8. The molecule has 0 radical (unpaired) electrons. The normalized spacial score (nSPS) is 12.3. The fourth-order valence-corrected chi connectivity index (χ4v) is 2.12. The Hall–Kier alpha value is -0.790. The highest BCUT2D eigenvalue weighted by atomic mass is 16.4. The SMILES string of the molecule is C=C(CCC(C)CCCCCCCCC)C(=O)O. The van der Waals surface area contributed by atoms with Crippen molar-refractivity contribution in [3.05, 3.63) is 12.2 Å². The molecule has 1 atom stereocenters. The zero-order valence-corrected chi connectivity index (χ0v) is 12.2. The van der Waals surface area contributed by atoms with Gasteiger partial charge in [0.15, 0.2) is 0 Å². The lowest BCUT2D eigenvalue weighted by Gasteiger charge is -2.10. The van der Waals surface area contributed by atoms with Gasteiger partial charge in [0.05, 0.1) is 0 Å². The lowest BCUT2D eigenvalue weighted by Crippen LogP contribution is -2.02. The Bertz CT molecular complexity index is 233. The maximum absolute atomic E-state index is 10.6. The van der Waals surface area contributed by atoms with E-state index in [1.165, 1.54) is 51.4 Å². The van der Waals surface area contributed by atoms with Gasteiger partial charge in [-0.15, -0.1) is 0 Å². The topological polar surface area (TPSA) is 37.3 Å². The van der Waals surface area contributed by atoms with Crippen LogP contribution in [0, 0.1) is 5.92 Å². The van der Waals surface area contributed by atoms with Crippen molar-refractivity contribution in [1.82, 2.24) is 0 Å². The minimum Gasteiger partial charge on any atom is -0.478 e. The highest BCUT2D eigenvalue weighted by Crippen LogP contribution is 2.18. The second-order valence-corrected chi connectivity index (χ2v) is 5.46. The molecule has 0 saturated heterocycles. The molecule has 0 aliphatic rings. The van der Waals surface area contributed by atoms with Crippen molar-refractivity contribution in [1.29, 1.82) is 0 Å². The molecule has 1 unspecified atom stereocenters. The molecule has 0 aromatic rings. The summed E-state index contributed by atoms with van der Waals surface area (Å²) in [5.74, 6) is -0.227. The molecule has 0 amide bonds. The fourth-order valence-electron chi connectivity index (χ4n) is 2.12. The van der Waals surface area contributed by atoms with E-state index in [0.29, 0.717) is 17.9 Å². The molecule has 0 spiro atoms. The van der Waals surface area contributed by atoms with Gasteiger partial charge in [0.25, 0.3) is 0 Å². The number of aliphatic carboxylic acids is 1. The Morgan fingerprint density at radius 3 is 2.17 bits per heavy atom. The average Bonchev–Trinajstić information content (AvgIpc) is 2.34. The van der Waals surface area contributed by atoms with Crippen LogP contribution in [0.4, 0.5) is 0 Å². The molecule has 2 nitrogen and oxygen atoms in total. The van der Waals surface area contributed by atoms with Crippen molar-refractivity contribution in [2.24, 2.45) is 5.92 Å². The van der Waals surface area contributed by atoms with Crippen molar-refractivity contribution >= 4 is 5.97 Å². The third-order valence-corrected chi connectivity index (χ3v) is 3.54. The van der Waals surface area contributed by atoms with Crippen LogP contribution in [0.15, 0.2) is 12.2 Å². The number of carboxylic acids is 1. The molecule has 106 valence electrons. The van der Waals surface area contributed by atoms with Crippen LogP contribution in [-0.2, 0) is 4.79 Å². The molecule has 0 aliphatic carbocycles. The summed E-state index contributed by atoms with van der Waals surface area (Å²) in [5, 5.41) is 8.71. The van der Waals surface area contributed by atoms with Gasteiger partial charge in [-0.3, -0.25) is 0 Å². The molecule has 0 aliphatic heterocycles. The lowest BCUT2D eigenvalue weighted by atomic mass is 9.95. The van der Waals surface area contributed by atoms with Gasteiger partial charge in [-0.25, -0.2) is 4.79 Å². The van der Waals surface area contributed by atoms with E-state index in [9.17, 15) is 4.79 Å². The van der Waals surface area contributed by atoms with Gasteiger partial charge in [-0.05, 0) is 18.8 Å². The van der Waals surface area contributed by atoms with Gasteiger partial charge in [-0.2, -0.15) is 0 Å². The molecule has 2 heteroatoms. The predicted octanol–water partition coefficient (Wildman–Crippen LogP) is 5.18. The van der Waals surface area contributed by atoms with Crippen LogP contribution < -0.4 is 0 Å². The first-order valence-corrected chi connectivity index (χ1v) is 7.49. The first-order chi connectivity index (χ1) is 8.57. The second kappa shape index (κ2) is 11.3. The van der Waals surface area contributed by atoms with Crippen LogP contribution in [0.3, 0.4) is 0 Å². The third-order valence-electron chi connectivity index (χ3n) is 3.54. The number of rotatable bonds is 12. The Morgan fingerprint density at radius 1 is 1.06 bits per heavy atom. The average molecular weight is 254 g/mol. The van der Waals surface area contributed by atoms with E-state index < -0.39 is 5.97 Å². The monoisotopic (exact) mass is 254 g/mol. The third kappa shape index (κ3) is 10.4. The van der Waals surface area contributed by atoms with Gasteiger partial charge in [0.2, 0.25) is 0 Å². The van der Waals surface area contributed by atoms with Gasteiger partial charge in [-0.1, -0.05) is 71.8 Å². The quantitative estimate of drug-likeness (QED) is 0.384. The molecular formula is C16H30O2. The molecule has 0 bridgehead atoms. The Balaban J connectivity index is 3.34. The van der Waals surface area contributed by atoms with Crippen LogP contribution in [0.2, 0.25) is 0 Å². The van der Waals surface area contributed by atoms with Crippen LogP contribution >= 0.6 is 0 Å². The minimum absolute atomic E-state index is 0.349. The van der Waals surface area contributed by atoms with Crippen molar-refractivity contribution in [2.45, 2.75) is 78.1 Å². The standard InChI is InChI=1S/C16H30O2/c1-4-5-6-7-8-9-10-11-14(2)12-13-15(3)16(17)18/h14H,3-13H2,1-2H3,(H,17,18). The molecule has 0 rings (SSSR count). The summed E-state index contributed by atoms with van der Waals surface area (Å²) in [4.78, 5) is 10.6. The van der Waals surface area contributed by atoms with Crippen molar-refractivity contribution in [3.8, 4) is 0 Å². The number of unbranched alkanes of at least 4 members (excludes halogenated alkanes) is 6. The molecule has 0 aromatic carbocycles. The number of hydrogen-bond donors (Lipinski definition) is 1. The summed E-state index contributed by atoms with van der Waals surface area (Å²) in [5.41, 5.74) is 0.349. The van der Waals surface area contributed by atoms with Crippen molar-refractivity contribution in [3.63, 3.8) is 0 Å². The molecule has 0 heterocycles. The molecule has 0 fully saturated rings. The Morgan fingerprint density at radius 2 is 1.61 bits per heavy atom. The minimum atomic E-state index is -0.849. The van der Waals surface area contributed by atoms with Crippen molar-refractivity contribution < 1.29 is 9.90 Å². The summed E-state index contributed by atoms with van der Waals surface area (Å²) in [6.45, 7) is 8.02. The first kappa shape index (κ1) is 17.2. The van der Waals surface area contributed by atoms with Gasteiger partial charge < -0.3 is 5.11 Å². The Kier molecular flexibility index (Phi) is 10.8. The van der Waals surface area contributed by atoms with E-state index in [-0.39, 0.29) is 0 Å². The molecular weight excluding hydrogens is 224 g/mol. The number of carboxylic acid groups (broad SMARTS) is 1. The van der Waals surface area contributed by atoms with E-state index in [1.807, 2.05) is 0 Å². The number of carbonyl (C=O) groups is 1. The summed E-state index contributed by atoms with van der Waals surface area (Å²) >= 11 is 0. The highest BCUT2D eigenvalue weighted by molar-refractivity contribution is 5.85. The molecule has 0 aromatic heterocycles. The fraction of sp³-hybridized carbons (Fsp3) is 0.812. The lowest BCUT2D eigenvalue weighted by molar-refractivity contribution is -0.132.